The van der Waals surface area contributed by atoms with Gasteiger partial charge < -0.3 is 9.13 Å². The van der Waals surface area contributed by atoms with E-state index in [1.54, 1.807) is 0 Å². The number of hydrogen-bond donors (Lipinski definition) is 0. The first-order valence-corrected chi connectivity index (χ1v) is 30.1. The van der Waals surface area contributed by atoms with Crippen LogP contribution in [0.5, 0.6) is 0 Å². The number of fused-ring (bicyclic) bond motifs is 6. The van der Waals surface area contributed by atoms with Gasteiger partial charge in [0.05, 0.1) is 33.4 Å². The second-order valence-electron chi connectivity index (χ2n) is 32.2. The Bertz CT molecular complexity index is 3850. The molecule has 5 nitrogen and oxygen atoms in total. The molecule has 5 heteroatoms. The smallest absolute Gasteiger partial charge is 0.164 e. The molecular formula is C77H93N5. The third-order valence-corrected chi connectivity index (χ3v) is 17.2. The number of aromatic nitrogens is 5. The maximum atomic E-state index is 5.63. The van der Waals surface area contributed by atoms with Crippen LogP contribution in [0.25, 0.3) is 89.2 Å². The molecule has 0 saturated carbocycles. The molecule has 0 N–H and O–H groups in total. The monoisotopic (exact) mass is 1090 g/mol. The summed E-state index contributed by atoms with van der Waals surface area (Å²) >= 11 is 0. The summed E-state index contributed by atoms with van der Waals surface area (Å²) < 4.78 is 5.05. The Morgan fingerprint density at radius 2 is 0.463 bits per heavy atom. The van der Waals surface area contributed by atoms with Crippen LogP contribution in [0.1, 0.15) is 211 Å². The lowest BCUT2D eigenvalue weighted by atomic mass is 9.79. The van der Waals surface area contributed by atoms with Gasteiger partial charge in [0, 0.05) is 38.2 Å². The van der Waals surface area contributed by atoms with E-state index in [0.29, 0.717) is 17.5 Å². The molecule has 0 aliphatic carbocycles. The first kappa shape index (κ1) is 58.4. The average Bonchev–Trinajstić information content (AvgIpc) is 3.63. The highest BCUT2D eigenvalue weighted by atomic mass is 15.1. The van der Waals surface area contributed by atoms with E-state index in [9.17, 15) is 0 Å². The molecule has 0 bridgehead atoms. The van der Waals surface area contributed by atoms with E-state index in [4.69, 9.17) is 15.0 Å². The van der Waals surface area contributed by atoms with Gasteiger partial charge in [0.1, 0.15) is 0 Å². The van der Waals surface area contributed by atoms with Crippen molar-refractivity contribution in [2.24, 2.45) is 0 Å². The summed E-state index contributed by atoms with van der Waals surface area (Å²) in [6.45, 7) is 55.4. The molecule has 426 valence electrons. The molecule has 0 fully saturated rings. The van der Waals surface area contributed by atoms with Crippen molar-refractivity contribution in [1.82, 2.24) is 24.1 Å². The van der Waals surface area contributed by atoms with Gasteiger partial charge in [0.15, 0.2) is 17.5 Å². The standard InChI is InChI=1S/C77H93N5/c1-70(2,3)49-26-31-61-57(42-49)58-43-50(71(4,5)6)27-32-62(58)81(61)65-30-25-46(39-66(65)82-63-33-28-51(72(7,8)9)44-59(63)60-45-52(73(10,11)12)29-34-64(60)82)67-78-68(47-35-53(74(13,14)15)40-54(36-47)75(16,17)18)80-69(79-67)48-37-55(76(19,20)21)41-56(38-48)77(22,23)24/h25-45H,1-24H3. The normalized spacial score (nSPS) is 13.6. The second-order valence-corrected chi connectivity index (χ2v) is 32.2. The van der Waals surface area contributed by atoms with E-state index in [-0.39, 0.29) is 43.3 Å². The van der Waals surface area contributed by atoms with Crippen LogP contribution in [0, 0.1) is 0 Å². The summed E-state index contributed by atoms with van der Waals surface area (Å²) in [6.07, 6.45) is 0. The van der Waals surface area contributed by atoms with Gasteiger partial charge in [-0.05, 0) is 179 Å². The van der Waals surface area contributed by atoms with Gasteiger partial charge in [-0.15, -0.1) is 0 Å². The summed E-state index contributed by atoms with van der Waals surface area (Å²) in [5.41, 5.74) is 19.3. The molecule has 0 amide bonds. The molecule has 0 atom stereocenters. The van der Waals surface area contributed by atoms with Crippen molar-refractivity contribution in [3.63, 3.8) is 0 Å². The van der Waals surface area contributed by atoms with Crippen LogP contribution in [-0.2, 0) is 43.3 Å². The molecular weight excluding hydrogens is 995 g/mol. The van der Waals surface area contributed by atoms with Crippen molar-refractivity contribution in [1.29, 1.82) is 0 Å². The van der Waals surface area contributed by atoms with Gasteiger partial charge >= 0.3 is 0 Å². The molecule has 0 unspecified atom stereocenters. The van der Waals surface area contributed by atoms with Gasteiger partial charge in [-0.25, -0.2) is 15.0 Å². The minimum Gasteiger partial charge on any atom is -0.307 e. The maximum absolute atomic E-state index is 5.63. The largest absolute Gasteiger partial charge is 0.307 e. The van der Waals surface area contributed by atoms with Crippen molar-refractivity contribution < 1.29 is 0 Å². The minimum atomic E-state index is -0.110. The van der Waals surface area contributed by atoms with Crippen LogP contribution in [0.15, 0.2) is 127 Å². The topological polar surface area (TPSA) is 48.5 Å². The van der Waals surface area contributed by atoms with E-state index in [2.05, 4.69) is 303 Å². The predicted molar refractivity (Wildman–Crippen MR) is 354 cm³/mol. The van der Waals surface area contributed by atoms with Crippen LogP contribution in [0.4, 0.5) is 0 Å². The fraction of sp³-hybridized carbons (Fsp3) is 0.416. The maximum Gasteiger partial charge on any atom is 0.164 e. The molecule has 7 aromatic carbocycles. The van der Waals surface area contributed by atoms with Crippen LogP contribution < -0.4 is 0 Å². The van der Waals surface area contributed by atoms with E-state index in [1.807, 2.05) is 0 Å². The molecule has 3 heterocycles. The number of hydrogen-bond acceptors (Lipinski definition) is 3. The van der Waals surface area contributed by atoms with Gasteiger partial charge in [0.25, 0.3) is 0 Å². The molecule has 0 aliphatic heterocycles. The van der Waals surface area contributed by atoms with E-state index < -0.39 is 0 Å². The second kappa shape index (κ2) is 19.4. The Morgan fingerprint density at radius 1 is 0.220 bits per heavy atom. The van der Waals surface area contributed by atoms with Crippen molar-refractivity contribution in [2.45, 2.75) is 209 Å². The van der Waals surface area contributed by atoms with Crippen molar-refractivity contribution in [2.75, 3.05) is 0 Å². The summed E-state index contributed by atoms with van der Waals surface area (Å²) in [5.74, 6) is 1.95. The quantitative estimate of drug-likeness (QED) is 0.173. The Hall–Kier alpha value is -6.85. The highest BCUT2D eigenvalue weighted by Gasteiger charge is 2.29. The van der Waals surface area contributed by atoms with Crippen LogP contribution in [0.2, 0.25) is 0 Å². The Labute approximate surface area is 492 Å². The van der Waals surface area contributed by atoms with Gasteiger partial charge in [-0.3, -0.25) is 0 Å². The molecule has 82 heavy (non-hydrogen) atoms. The molecule has 0 aliphatic rings. The molecule has 0 spiro atoms. The Kier molecular flexibility index (Phi) is 13.8. The van der Waals surface area contributed by atoms with Crippen LogP contribution >= 0.6 is 0 Å². The molecule has 10 aromatic rings. The zero-order valence-electron chi connectivity index (χ0n) is 54.4. The predicted octanol–water partition coefficient (Wildman–Crippen LogP) is 21.4. The van der Waals surface area contributed by atoms with E-state index in [0.717, 1.165) is 39.1 Å². The first-order valence-electron chi connectivity index (χ1n) is 30.1. The SMILES string of the molecule is CC(C)(C)c1cc(-c2nc(-c3cc(C(C)(C)C)cc(C(C)(C)C)c3)nc(-c3ccc(-n4c5ccc(C(C)(C)C)cc5c5cc(C(C)(C)C)ccc54)c(-n4c5ccc(C(C)(C)C)cc5c5cc(C(C)(C)C)ccc54)c3)n2)cc(C(C)(C)C)c1. The third kappa shape index (κ3) is 11.0. The fourth-order valence-corrected chi connectivity index (χ4v) is 11.5. The molecule has 3 aromatic heterocycles. The average molecular weight is 1090 g/mol. The first-order chi connectivity index (χ1) is 37.7. The highest BCUT2D eigenvalue weighted by Crippen LogP contribution is 2.45. The third-order valence-electron chi connectivity index (χ3n) is 17.2. The summed E-state index contributed by atoms with van der Waals surface area (Å²) in [4.78, 5) is 16.8. The number of rotatable bonds is 5. The zero-order valence-corrected chi connectivity index (χ0v) is 54.4. The lowest BCUT2D eigenvalue weighted by Gasteiger charge is -2.26. The number of nitrogens with zero attached hydrogens (tertiary/aromatic N) is 5. The Balaban J connectivity index is 1.37. The van der Waals surface area contributed by atoms with E-state index >= 15 is 0 Å². The Morgan fingerprint density at radius 3 is 0.720 bits per heavy atom. The lowest BCUT2D eigenvalue weighted by molar-refractivity contribution is 0.568. The van der Waals surface area contributed by atoms with Gasteiger partial charge in [0.2, 0.25) is 0 Å². The van der Waals surface area contributed by atoms with Gasteiger partial charge in [-0.2, -0.15) is 0 Å². The molecule has 0 radical (unpaired) electrons. The van der Waals surface area contributed by atoms with Crippen LogP contribution in [0.3, 0.4) is 0 Å². The zero-order chi connectivity index (χ0) is 60.0. The highest BCUT2D eigenvalue weighted by molar-refractivity contribution is 6.12. The number of benzene rings is 7. The molecule has 0 saturated heterocycles. The van der Waals surface area contributed by atoms with Crippen molar-refractivity contribution >= 4 is 43.6 Å². The lowest BCUT2D eigenvalue weighted by Crippen LogP contribution is -2.17. The summed E-state index contributed by atoms with van der Waals surface area (Å²) in [5, 5.41) is 4.98. The minimum absolute atomic E-state index is 0.0369. The molecule has 10 rings (SSSR count). The summed E-state index contributed by atoms with van der Waals surface area (Å²) in [6, 6.07) is 49.6. The fourth-order valence-electron chi connectivity index (χ4n) is 11.5. The van der Waals surface area contributed by atoms with Crippen molar-refractivity contribution in [3.05, 3.63) is 172 Å². The summed E-state index contributed by atoms with van der Waals surface area (Å²) in [7, 11) is 0. The van der Waals surface area contributed by atoms with E-state index in [1.165, 1.54) is 77.1 Å². The van der Waals surface area contributed by atoms with Gasteiger partial charge in [-0.1, -0.05) is 203 Å². The van der Waals surface area contributed by atoms with Crippen LogP contribution in [-0.4, -0.2) is 24.1 Å². The van der Waals surface area contributed by atoms with Crippen molar-refractivity contribution in [3.8, 4) is 45.5 Å².